The lowest BCUT2D eigenvalue weighted by Gasteiger charge is -2.29. The first-order chi connectivity index (χ1) is 13.2. The van der Waals surface area contributed by atoms with Crippen molar-refractivity contribution in [3.63, 3.8) is 0 Å². The molecule has 0 bridgehead atoms. The summed E-state index contributed by atoms with van der Waals surface area (Å²) in [6, 6.07) is 9.24. The number of allylic oxidation sites excluding steroid dienone is 3. The van der Waals surface area contributed by atoms with Gasteiger partial charge in [-0.1, -0.05) is 103 Å². The number of benzene rings is 1. The fourth-order valence-electron chi connectivity index (χ4n) is 4.53. The number of hydrogen-bond acceptors (Lipinski definition) is 0. The Morgan fingerprint density at radius 2 is 1.70 bits per heavy atom. The molecule has 0 aliphatic heterocycles. The molecule has 0 N–H and O–H groups in total. The second-order valence-electron chi connectivity index (χ2n) is 8.11. The molecule has 0 heteroatoms. The summed E-state index contributed by atoms with van der Waals surface area (Å²) < 4.78 is 0. The highest BCUT2D eigenvalue weighted by Gasteiger charge is 2.22. The Bertz CT molecular complexity index is 526. The zero-order valence-electron chi connectivity index (χ0n) is 18.8. The van der Waals surface area contributed by atoms with Gasteiger partial charge >= 0.3 is 0 Å². The molecule has 2 rings (SSSR count). The van der Waals surface area contributed by atoms with Gasteiger partial charge in [-0.05, 0) is 67.1 Å². The standard InChI is InChI=1S/C25H38.C2H6/c1-5-9-20(4)10-8-11-21-12-14-24(15-13-21)25-18-16-23(17-19-25)22(6-2)7-3;1-2/h6-7,16-21,24H,2,5,8-15H2,1,3-4H3;1-2H3/b22-7+;. The van der Waals surface area contributed by atoms with Crippen molar-refractivity contribution < 1.29 is 0 Å². The van der Waals surface area contributed by atoms with Crippen molar-refractivity contribution in [3.8, 4) is 0 Å². The molecule has 152 valence electrons. The Morgan fingerprint density at radius 3 is 2.22 bits per heavy atom. The summed E-state index contributed by atoms with van der Waals surface area (Å²) in [4.78, 5) is 0. The average Bonchev–Trinajstić information content (AvgIpc) is 2.72. The van der Waals surface area contributed by atoms with E-state index in [9.17, 15) is 0 Å². The van der Waals surface area contributed by atoms with Crippen molar-refractivity contribution in [1.82, 2.24) is 0 Å². The maximum absolute atomic E-state index is 3.91. The molecule has 0 saturated heterocycles. The van der Waals surface area contributed by atoms with Crippen LogP contribution < -0.4 is 0 Å². The number of hydrogen-bond donors (Lipinski definition) is 0. The SMILES string of the molecule is C=C/C(=C\C)c1ccc(C2CCC(CCCC(C)CCC)CC2)cc1.CC. The maximum Gasteiger partial charge on any atom is -0.0162 e. The van der Waals surface area contributed by atoms with Crippen LogP contribution in [0, 0.1) is 11.8 Å². The van der Waals surface area contributed by atoms with Crippen LogP contribution in [-0.4, -0.2) is 0 Å². The first-order valence-corrected chi connectivity index (χ1v) is 11.6. The van der Waals surface area contributed by atoms with E-state index in [1.807, 2.05) is 19.9 Å². The molecule has 0 radical (unpaired) electrons. The van der Waals surface area contributed by atoms with Crippen molar-refractivity contribution >= 4 is 5.57 Å². The van der Waals surface area contributed by atoms with Crippen molar-refractivity contribution in [3.05, 3.63) is 54.1 Å². The normalized spacial score (nSPS) is 21.1. The van der Waals surface area contributed by atoms with Gasteiger partial charge in [0.1, 0.15) is 0 Å². The zero-order valence-corrected chi connectivity index (χ0v) is 18.8. The third kappa shape index (κ3) is 8.08. The molecular weight excluding hydrogens is 324 g/mol. The van der Waals surface area contributed by atoms with E-state index in [0.717, 1.165) is 17.8 Å². The molecule has 0 amide bonds. The average molecular weight is 369 g/mol. The van der Waals surface area contributed by atoms with E-state index in [2.05, 4.69) is 57.7 Å². The fraction of sp³-hybridized carbons (Fsp3) is 0.630. The van der Waals surface area contributed by atoms with Gasteiger partial charge in [-0.15, -0.1) is 0 Å². The minimum absolute atomic E-state index is 0.780. The molecule has 1 fully saturated rings. The summed E-state index contributed by atoms with van der Waals surface area (Å²) in [5.41, 5.74) is 4.06. The molecule has 1 aromatic carbocycles. The van der Waals surface area contributed by atoms with Crippen molar-refractivity contribution in [2.45, 2.75) is 98.3 Å². The van der Waals surface area contributed by atoms with Crippen molar-refractivity contribution in [1.29, 1.82) is 0 Å². The van der Waals surface area contributed by atoms with E-state index in [4.69, 9.17) is 0 Å². The van der Waals surface area contributed by atoms with Crippen LogP contribution >= 0.6 is 0 Å². The first-order valence-electron chi connectivity index (χ1n) is 11.6. The van der Waals surface area contributed by atoms with E-state index < -0.39 is 0 Å². The van der Waals surface area contributed by atoms with E-state index >= 15 is 0 Å². The quantitative estimate of drug-likeness (QED) is 0.381. The van der Waals surface area contributed by atoms with Gasteiger partial charge in [0, 0.05) is 0 Å². The monoisotopic (exact) mass is 368 g/mol. The maximum atomic E-state index is 3.91. The summed E-state index contributed by atoms with van der Waals surface area (Å²) in [5, 5.41) is 0. The van der Waals surface area contributed by atoms with Crippen LogP contribution in [0.3, 0.4) is 0 Å². The van der Waals surface area contributed by atoms with Crippen LogP contribution in [-0.2, 0) is 0 Å². The molecule has 0 nitrogen and oxygen atoms in total. The van der Waals surface area contributed by atoms with Gasteiger partial charge in [-0.25, -0.2) is 0 Å². The van der Waals surface area contributed by atoms with Gasteiger partial charge in [0.2, 0.25) is 0 Å². The van der Waals surface area contributed by atoms with Crippen LogP contribution in [0.5, 0.6) is 0 Å². The molecule has 27 heavy (non-hydrogen) atoms. The fourth-order valence-corrected chi connectivity index (χ4v) is 4.53. The van der Waals surface area contributed by atoms with Crippen LogP contribution in [0.4, 0.5) is 0 Å². The highest BCUT2D eigenvalue weighted by Crippen LogP contribution is 2.38. The lowest BCUT2D eigenvalue weighted by atomic mass is 9.76. The molecule has 0 heterocycles. The summed E-state index contributed by atoms with van der Waals surface area (Å²) >= 11 is 0. The Kier molecular flexibility index (Phi) is 12.1. The van der Waals surface area contributed by atoms with Crippen molar-refractivity contribution in [2.24, 2.45) is 11.8 Å². The summed E-state index contributed by atoms with van der Waals surface area (Å²) in [6.07, 6.45) is 16.8. The Hall–Kier alpha value is -1.30. The van der Waals surface area contributed by atoms with Crippen LogP contribution in [0.2, 0.25) is 0 Å². The van der Waals surface area contributed by atoms with Crippen LogP contribution in [0.25, 0.3) is 5.57 Å². The highest BCUT2D eigenvalue weighted by atomic mass is 14.3. The molecule has 0 spiro atoms. The lowest BCUT2D eigenvalue weighted by Crippen LogP contribution is -2.13. The molecule has 0 aromatic heterocycles. The van der Waals surface area contributed by atoms with E-state index in [1.165, 1.54) is 68.9 Å². The van der Waals surface area contributed by atoms with Gasteiger partial charge in [-0.2, -0.15) is 0 Å². The smallest absolute Gasteiger partial charge is 0.0162 e. The second-order valence-corrected chi connectivity index (χ2v) is 8.11. The van der Waals surface area contributed by atoms with Crippen LogP contribution in [0.1, 0.15) is 109 Å². The van der Waals surface area contributed by atoms with Gasteiger partial charge in [-0.3, -0.25) is 0 Å². The predicted molar refractivity (Wildman–Crippen MR) is 124 cm³/mol. The van der Waals surface area contributed by atoms with E-state index in [0.29, 0.717) is 0 Å². The molecule has 1 aromatic rings. The third-order valence-electron chi connectivity index (χ3n) is 6.18. The predicted octanol–water partition coefficient (Wildman–Crippen LogP) is 9.18. The zero-order chi connectivity index (χ0) is 20.1. The number of rotatable bonds is 9. The molecule has 1 unspecified atom stereocenters. The van der Waals surface area contributed by atoms with Gasteiger partial charge in [0.05, 0.1) is 0 Å². The lowest BCUT2D eigenvalue weighted by molar-refractivity contribution is 0.295. The molecule has 1 aliphatic rings. The molecule has 1 aliphatic carbocycles. The summed E-state index contributed by atoms with van der Waals surface area (Å²) in [5.74, 6) is 2.69. The Balaban J connectivity index is 0.00000176. The highest BCUT2D eigenvalue weighted by molar-refractivity contribution is 5.73. The van der Waals surface area contributed by atoms with E-state index in [-0.39, 0.29) is 0 Å². The second kappa shape index (κ2) is 13.8. The minimum Gasteiger partial charge on any atom is -0.0985 e. The van der Waals surface area contributed by atoms with Crippen LogP contribution in [0.15, 0.2) is 43.0 Å². The molecule has 1 atom stereocenters. The van der Waals surface area contributed by atoms with Gasteiger partial charge in [0.15, 0.2) is 0 Å². The first kappa shape index (κ1) is 23.7. The largest absolute Gasteiger partial charge is 0.0985 e. The summed E-state index contributed by atoms with van der Waals surface area (Å²) in [7, 11) is 0. The van der Waals surface area contributed by atoms with Gasteiger partial charge < -0.3 is 0 Å². The molecular formula is C27H44. The minimum atomic E-state index is 0.780. The molecule has 1 saturated carbocycles. The third-order valence-corrected chi connectivity index (χ3v) is 6.18. The topological polar surface area (TPSA) is 0 Å². The summed E-state index contributed by atoms with van der Waals surface area (Å²) in [6.45, 7) is 14.7. The van der Waals surface area contributed by atoms with Gasteiger partial charge in [0.25, 0.3) is 0 Å². The Morgan fingerprint density at radius 1 is 1.07 bits per heavy atom. The van der Waals surface area contributed by atoms with E-state index in [1.54, 1.807) is 5.56 Å². The van der Waals surface area contributed by atoms with Crippen molar-refractivity contribution in [2.75, 3.05) is 0 Å². The Labute approximate surface area is 170 Å².